The van der Waals surface area contributed by atoms with Crippen LogP contribution in [0.4, 0.5) is 0 Å². The maximum absolute atomic E-state index is 11.8. The minimum Gasteiger partial charge on any atom is -0.342 e. The summed E-state index contributed by atoms with van der Waals surface area (Å²) in [5.41, 5.74) is 0. The summed E-state index contributed by atoms with van der Waals surface area (Å²) >= 11 is 0. The lowest BCUT2D eigenvalue weighted by Crippen LogP contribution is -2.37. The van der Waals surface area contributed by atoms with Gasteiger partial charge in [-0.25, -0.2) is 0 Å². The molecule has 0 aromatic carbocycles. The van der Waals surface area contributed by atoms with Gasteiger partial charge in [0.2, 0.25) is 5.91 Å². The standard InChI is InChI=1S/C11H19N5O/c1-9(11-14-13-8-15(11)2)12-7-10(17)16-5-3-4-6-16/h8-9,12H,3-7H2,1-2H3. The van der Waals surface area contributed by atoms with Crippen LogP contribution in [0.15, 0.2) is 6.33 Å². The molecule has 1 N–H and O–H groups in total. The van der Waals surface area contributed by atoms with Gasteiger partial charge in [0, 0.05) is 20.1 Å². The third-order valence-electron chi connectivity index (χ3n) is 3.15. The molecule has 6 heteroatoms. The highest BCUT2D eigenvalue weighted by molar-refractivity contribution is 5.78. The van der Waals surface area contributed by atoms with Crippen molar-refractivity contribution in [3.63, 3.8) is 0 Å². The summed E-state index contributed by atoms with van der Waals surface area (Å²) in [6.45, 7) is 4.16. The highest BCUT2D eigenvalue weighted by atomic mass is 16.2. The zero-order chi connectivity index (χ0) is 12.3. The molecule has 1 aliphatic heterocycles. The SMILES string of the molecule is CC(NCC(=O)N1CCCC1)c1nncn1C. The number of likely N-dealkylation sites (tertiary alicyclic amines) is 1. The van der Waals surface area contributed by atoms with E-state index in [1.54, 1.807) is 6.33 Å². The van der Waals surface area contributed by atoms with Gasteiger partial charge in [-0.05, 0) is 19.8 Å². The summed E-state index contributed by atoms with van der Waals surface area (Å²) in [5, 5.41) is 11.0. The van der Waals surface area contributed by atoms with Crippen molar-refractivity contribution >= 4 is 5.91 Å². The number of carbonyl (C=O) groups is 1. The lowest BCUT2D eigenvalue weighted by atomic mass is 10.3. The molecular weight excluding hydrogens is 218 g/mol. The van der Waals surface area contributed by atoms with Crippen molar-refractivity contribution in [2.75, 3.05) is 19.6 Å². The summed E-state index contributed by atoms with van der Waals surface area (Å²) < 4.78 is 1.86. The Kier molecular flexibility index (Phi) is 3.73. The molecule has 1 aromatic rings. The van der Waals surface area contributed by atoms with Gasteiger partial charge in [0.15, 0.2) is 0 Å². The normalized spacial score (nSPS) is 17.4. The molecule has 1 fully saturated rings. The molecule has 1 aliphatic rings. The Bertz CT molecular complexity index is 383. The van der Waals surface area contributed by atoms with Crippen molar-refractivity contribution in [3.8, 4) is 0 Å². The van der Waals surface area contributed by atoms with Gasteiger partial charge >= 0.3 is 0 Å². The predicted molar refractivity (Wildman–Crippen MR) is 63.2 cm³/mol. The van der Waals surface area contributed by atoms with Crippen LogP contribution in [0, 0.1) is 0 Å². The third kappa shape index (κ3) is 2.82. The molecule has 2 heterocycles. The van der Waals surface area contributed by atoms with Crippen molar-refractivity contribution in [2.24, 2.45) is 7.05 Å². The Morgan fingerprint density at radius 3 is 2.82 bits per heavy atom. The second-order valence-corrected chi connectivity index (χ2v) is 4.49. The van der Waals surface area contributed by atoms with Crippen LogP contribution in [0.1, 0.15) is 31.6 Å². The molecule has 17 heavy (non-hydrogen) atoms. The van der Waals surface area contributed by atoms with Gasteiger partial charge in [-0.15, -0.1) is 10.2 Å². The Morgan fingerprint density at radius 1 is 1.53 bits per heavy atom. The van der Waals surface area contributed by atoms with E-state index in [0.29, 0.717) is 6.54 Å². The number of nitrogens with zero attached hydrogens (tertiary/aromatic N) is 4. The van der Waals surface area contributed by atoms with Crippen molar-refractivity contribution < 1.29 is 4.79 Å². The van der Waals surface area contributed by atoms with E-state index in [2.05, 4.69) is 15.5 Å². The van der Waals surface area contributed by atoms with Gasteiger partial charge in [-0.2, -0.15) is 0 Å². The summed E-state index contributed by atoms with van der Waals surface area (Å²) in [6.07, 6.45) is 3.92. The fraction of sp³-hybridized carbons (Fsp3) is 0.727. The molecule has 0 spiro atoms. The van der Waals surface area contributed by atoms with Crippen molar-refractivity contribution in [1.82, 2.24) is 25.0 Å². The molecule has 1 aromatic heterocycles. The summed E-state index contributed by atoms with van der Waals surface area (Å²) in [6, 6.07) is 0.0362. The molecule has 6 nitrogen and oxygen atoms in total. The van der Waals surface area contributed by atoms with Gasteiger partial charge in [-0.3, -0.25) is 10.1 Å². The zero-order valence-corrected chi connectivity index (χ0v) is 10.4. The number of aromatic nitrogens is 3. The fourth-order valence-corrected chi connectivity index (χ4v) is 2.09. The average molecular weight is 237 g/mol. The first kappa shape index (κ1) is 12.0. The molecule has 94 valence electrons. The monoisotopic (exact) mass is 237 g/mol. The van der Waals surface area contributed by atoms with Crippen LogP contribution in [0.2, 0.25) is 0 Å². The van der Waals surface area contributed by atoms with E-state index < -0.39 is 0 Å². The van der Waals surface area contributed by atoms with Crippen LogP contribution >= 0.6 is 0 Å². The highest BCUT2D eigenvalue weighted by Gasteiger charge is 2.19. The van der Waals surface area contributed by atoms with E-state index in [1.165, 1.54) is 0 Å². The second-order valence-electron chi connectivity index (χ2n) is 4.49. The minimum atomic E-state index is 0.0362. The topological polar surface area (TPSA) is 63.1 Å². The molecule has 1 atom stereocenters. The highest BCUT2D eigenvalue weighted by Crippen LogP contribution is 2.09. The zero-order valence-electron chi connectivity index (χ0n) is 10.4. The maximum atomic E-state index is 11.8. The molecular formula is C11H19N5O. The van der Waals surface area contributed by atoms with Crippen LogP contribution in [0.3, 0.4) is 0 Å². The minimum absolute atomic E-state index is 0.0362. The molecule has 0 radical (unpaired) electrons. The number of nitrogens with one attached hydrogen (secondary N) is 1. The van der Waals surface area contributed by atoms with Gasteiger partial charge < -0.3 is 9.47 Å². The second kappa shape index (κ2) is 5.27. The first-order chi connectivity index (χ1) is 8.18. The van der Waals surface area contributed by atoms with Crippen molar-refractivity contribution in [1.29, 1.82) is 0 Å². The molecule has 1 saturated heterocycles. The van der Waals surface area contributed by atoms with Gasteiger partial charge in [0.1, 0.15) is 12.2 Å². The van der Waals surface area contributed by atoms with Crippen LogP contribution in [0.25, 0.3) is 0 Å². The van der Waals surface area contributed by atoms with Gasteiger partial charge in [0.05, 0.1) is 12.6 Å². The van der Waals surface area contributed by atoms with Crippen LogP contribution in [-0.2, 0) is 11.8 Å². The Morgan fingerprint density at radius 2 is 2.24 bits per heavy atom. The predicted octanol–water partition coefficient (Wildman–Crippen LogP) is 0.0881. The third-order valence-corrected chi connectivity index (χ3v) is 3.15. The Balaban J connectivity index is 1.81. The number of amides is 1. The largest absolute Gasteiger partial charge is 0.342 e. The molecule has 0 aliphatic carbocycles. The van der Waals surface area contributed by atoms with Gasteiger partial charge in [0.25, 0.3) is 0 Å². The molecule has 0 bridgehead atoms. The van der Waals surface area contributed by atoms with Crippen molar-refractivity contribution in [2.45, 2.75) is 25.8 Å². The number of carbonyl (C=O) groups excluding carboxylic acids is 1. The average Bonchev–Trinajstić information content (AvgIpc) is 2.95. The van der Waals surface area contributed by atoms with E-state index in [-0.39, 0.29) is 11.9 Å². The lowest BCUT2D eigenvalue weighted by Gasteiger charge is -2.18. The first-order valence-electron chi connectivity index (χ1n) is 6.03. The lowest BCUT2D eigenvalue weighted by molar-refractivity contribution is -0.129. The Hall–Kier alpha value is -1.43. The van der Waals surface area contributed by atoms with Gasteiger partial charge in [-0.1, -0.05) is 0 Å². The van der Waals surface area contributed by atoms with Crippen molar-refractivity contribution in [3.05, 3.63) is 12.2 Å². The van der Waals surface area contributed by atoms with E-state index in [1.807, 2.05) is 23.4 Å². The maximum Gasteiger partial charge on any atom is 0.236 e. The summed E-state index contributed by atoms with van der Waals surface area (Å²) in [7, 11) is 1.90. The first-order valence-corrected chi connectivity index (χ1v) is 6.03. The van der Waals surface area contributed by atoms with E-state index in [9.17, 15) is 4.79 Å². The molecule has 1 unspecified atom stereocenters. The van der Waals surface area contributed by atoms with Crippen LogP contribution < -0.4 is 5.32 Å². The molecule has 0 saturated carbocycles. The number of hydrogen-bond donors (Lipinski definition) is 1. The smallest absolute Gasteiger partial charge is 0.236 e. The van der Waals surface area contributed by atoms with Crippen LogP contribution in [0.5, 0.6) is 0 Å². The number of hydrogen-bond acceptors (Lipinski definition) is 4. The number of rotatable bonds is 4. The summed E-state index contributed by atoms with van der Waals surface area (Å²) in [4.78, 5) is 13.7. The molecule has 1 amide bonds. The van der Waals surface area contributed by atoms with E-state index in [4.69, 9.17) is 0 Å². The van der Waals surface area contributed by atoms with E-state index >= 15 is 0 Å². The van der Waals surface area contributed by atoms with Crippen LogP contribution in [-0.4, -0.2) is 45.2 Å². The summed E-state index contributed by atoms with van der Waals surface area (Å²) in [5.74, 6) is 1.02. The quantitative estimate of drug-likeness (QED) is 0.806. The fourth-order valence-electron chi connectivity index (χ4n) is 2.09. The Labute approximate surface area is 101 Å². The van der Waals surface area contributed by atoms with E-state index in [0.717, 1.165) is 31.8 Å². The number of aryl methyl sites for hydroxylation is 1. The molecule has 2 rings (SSSR count).